The molecule has 0 unspecified atom stereocenters. The van der Waals surface area contributed by atoms with Crippen molar-refractivity contribution in [3.63, 3.8) is 0 Å². The van der Waals surface area contributed by atoms with Gasteiger partial charge in [0.2, 0.25) is 0 Å². The van der Waals surface area contributed by atoms with Crippen molar-refractivity contribution in [3.8, 4) is 0 Å². The van der Waals surface area contributed by atoms with Gasteiger partial charge in [-0.2, -0.15) is 0 Å². The quantitative estimate of drug-likeness (QED) is 0.0346. The van der Waals surface area contributed by atoms with Crippen LogP contribution in [-0.2, 0) is 28.6 Å². The van der Waals surface area contributed by atoms with Gasteiger partial charge in [-0.3, -0.25) is 14.4 Å². The molecule has 0 aliphatic heterocycles. The minimum Gasteiger partial charge on any atom is -0.462 e. The van der Waals surface area contributed by atoms with Gasteiger partial charge < -0.3 is 14.2 Å². The molecule has 0 N–H and O–H groups in total. The van der Waals surface area contributed by atoms with Crippen LogP contribution < -0.4 is 0 Å². The highest BCUT2D eigenvalue weighted by Crippen LogP contribution is 2.17. The maximum atomic E-state index is 12.8. The van der Waals surface area contributed by atoms with E-state index in [9.17, 15) is 14.4 Å². The first-order chi connectivity index (χ1) is 27.7. The monoisotopic (exact) mass is 807 g/mol. The molecule has 0 saturated carbocycles. The number of carbonyl (C=O) groups excluding carboxylic acids is 3. The molecule has 0 aromatic rings. The van der Waals surface area contributed by atoms with E-state index < -0.39 is 6.10 Å². The second kappa shape index (κ2) is 44.0. The van der Waals surface area contributed by atoms with Crippen LogP contribution in [0.1, 0.15) is 279 Å². The van der Waals surface area contributed by atoms with E-state index in [0.717, 1.165) is 69.6 Å². The van der Waals surface area contributed by atoms with Crippen molar-refractivity contribution in [2.75, 3.05) is 13.2 Å². The van der Waals surface area contributed by atoms with E-state index >= 15 is 0 Å². The summed E-state index contributed by atoms with van der Waals surface area (Å²) in [6.45, 7) is 11.3. The fourth-order valence-corrected chi connectivity index (χ4v) is 7.64. The Morgan fingerprint density at radius 3 is 0.860 bits per heavy atom. The molecule has 0 amide bonds. The molecule has 0 aliphatic rings. The summed E-state index contributed by atoms with van der Waals surface area (Å²) in [5.41, 5.74) is 0. The number of ether oxygens (including phenoxy) is 3. The van der Waals surface area contributed by atoms with Gasteiger partial charge in [-0.25, -0.2) is 0 Å². The lowest BCUT2D eigenvalue weighted by Crippen LogP contribution is -2.30. The van der Waals surface area contributed by atoms with E-state index in [2.05, 4.69) is 34.6 Å². The smallest absolute Gasteiger partial charge is 0.306 e. The number of hydrogen-bond acceptors (Lipinski definition) is 6. The standard InChI is InChI=1S/C51H98O6/c1-6-7-8-9-10-11-20-26-31-36-41-49(52)55-44-48(45-56-50(53)42-37-32-27-23-22-25-30-35-40-47(4)5)57-51(54)43-38-33-28-21-18-16-14-12-13-15-17-19-24-29-34-39-46(2)3/h46-48H,6-45H2,1-5H3/t48-/m0/s1. The SMILES string of the molecule is CCCCCCCCCCCCC(=O)OC[C@@H](COC(=O)CCCCCCCCCCC(C)C)OC(=O)CCCCCCCCCCCCCCCCCC(C)C. The molecule has 57 heavy (non-hydrogen) atoms. The molecule has 0 spiro atoms. The summed E-state index contributed by atoms with van der Waals surface area (Å²) in [7, 11) is 0. The van der Waals surface area contributed by atoms with Crippen LogP contribution in [0.3, 0.4) is 0 Å². The van der Waals surface area contributed by atoms with E-state index in [1.165, 1.54) is 167 Å². The number of esters is 3. The van der Waals surface area contributed by atoms with Crippen molar-refractivity contribution >= 4 is 17.9 Å². The van der Waals surface area contributed by atoms with Crippen molar-refractivity contribution in [3.05, 3.63) is 0 Å². The molecule has 0 radical (unpaired) electrons. The summed E-state index contributed by atoms with van der Waals surface area (Å²) in [5, 5.41) is 0. The van der Waals surface area contributed by atoms with Crippen molar-refractivity contribution in [2.45, 2.75) is 285 Å². The molecule has 6 heteroatoms. The Morgan fingerprint density at radius 2 is 0.579 bits per heavy atom. The molecule has 6 nitrogen and oxygen atoms in total. The number of hydrogen-bond donors (Lipinski definition) is 0. The van der Waals surface area contributed by atoms with Crippen LogP contribution in [0.25, 0.3) is 0 Å². The van der Waals surface area contributed by atoms with Crippen LogP contribution in [-0.4, -0.2) is 37.2 Å². The molecule has 0 bridgehead atoms. The Labute approximate surface area is 355 Å². The highest BCUT2D eigenvalue weighted by molar-refractivity contribution is 5.71. The predicted molar refractivity (Wildman–Crippen MR) is 243 cm³/mol. The molecule has 0 saturated heterocycles. The Kier molecular flexibility index (Phi) is 42.7. The molecule has 0 fully saturated rings. The Morgan fingerprint density at radius 1 is 0.333 bits per heavy atom. The van der Waals surface area contributed by atoms with Crippen molar-refractivity contribution < 1.29 is 28.6 Å². The molecule has 0 rings (SSSR count). The van der Waals surface area contributed by atoms with Crippen LogP contribution in [0.2, 0.25) is 0 Å². The first-order valence-corrected chi connectivity index (χ1v) is 25.2. The summed E-state index contributed by atoms with van der Waals surface area (Å²) < 4.78 is 16.8. The zero-order valence-electron chi connectivity index (χ0n) is 39.0. The van der Waals surface area contributed by atoms with Crippen LogP contribution in [0.15, 0.2) is 0 Å². The van der Waals surface area contributed by atoms with Crippen LogP contribution in [0.4, 0.5) is 0 Å². The molecule has 0 aromatic heterocycles. The first kappa shape index (κ1) is 55.4. The zero-order valence-corrected chi connectivity index (χ0v) is 39.0. The Hall–Kier alpha value is -1.59. The lowest BCUT2D eigenvalue weighted by molar-refractivity contribution is -0.167. The van der Waals surface area contributed by atoms with Crippen LogP contribution in [0, 0.1) is 11.8 Å². The summed E-state index contributed by atoms with van der Waals surface area (Å²) in [4.78, 5) is 37.8. The molecular weight excluding hydrogens is 709 g/mol. The highest BCUT2D eigenvalue weighted by Gasteiger charge is 2.19. The van der Waals surface area contributed by atoms with Gasteiger partial charge in [-0.05, 0) is 31.1 Å². The summed E-state index contributed by atoms with van der Waals surface area (Å²) in [5.74, 6) is 0.792. The normalized spacial score (nSPS) is 12.1. The summed E-state index contributed by atoms with van der Waals surface area (Å²) in [6.07, 6.45) is 43.8. The largest absolute Gasteiger partial charge is 0.462 e. The van der Waals surface area contributed by atoms with Gasteiger partial charge in [-0.1, -0.05) is 240 Å². The zero-order chi connectivity index (χ0) is 41.9. The van der Waals surface area contributed by atoms with Crippen molar-refractivity contribution in [2.24, 2.45) is 11.8 Å². The van der Waals surface area contributed by atoms with Gasteiger partial charge in [0.25, 0.3) is 0 Å². The minimum atomic E-state index is -0.761. The average Bonchev–Trinajstić information content (AvgIpc) is 3.18. The molecule has 1 atom stereocenters. The molecule has 0 heterocycles. The lowest BCUT2D eigenvalue weighted by Gasteiger charge is -2.18. The van der Waals surface area contributed by atoms with Crippen molar-refractivity contribution in [1.82, 2.24) is 0 Å². The third kappa shape index (κ3) is 45.3. The number of rotatable bonds is 45. The summed E-state index contributed by atoms with van der Waals surface area (Å²) in [6, 6.07) is 0. The van der Waals surface area contributed by atoms with Gasteiger partial charge in [0.15, 0.2) is 6.10 Å². The lowest BCUT2D eigenvalue weighted by atomic mass is 10.0. The number of carbonyl (C=O) groups is 3. The fraction of sp³-hybridized carbons (Fsp3) is 0.941. The van der Waals surface area contributed by atoms with Crippen molar-refractivity contribution in [1.29, 1.82) is 0 Å². The third-order valence-corrected chi connectivity index (χ3v) is 11.5. The van der Waals surface area contributed by atoms with E-state index in [1.54, 1.807) is 0 Å². The van der Waals surface area contributed by atoms with Gasteiger partial charge in [0, 0.05) is 19.3 Å². The predicted octanol–water partition coefficient (Wildman–Crippen LogP) is 16.1. The number of unbranched alkanes of at least 4 members (excludes halogenated alkanes) is 30. The molecule has 0 aromatic carbocycles. The fourth-order valence-electron chi connectivity index (χ4n) is 7.64. The maximum Gasteiger partial charge on any atom is 0.306 e. The van der Waals surface area contributed by atoms with Gasteiger partial charge in [0.05, 0.1) is 0 Å². The van der Waals surface area contributed by atoms with Crippen LogP contribution >= 0.6 is 0 Å². The van der Waals surface area contributed by atoms with E-state index in [-0.39, 0.29) is 31.1 Å². The second-order valence-electron chi connectivity index (χ2n) is 18.4. The van der Waals surface area contributed by atoms with E-state index in [1.807, 2.05) is 0 Å². The second-order valence-corrected chi connectivity index (χ2v) is 18.4. The topological polar surface area (TPSA) is 78.9 Å². The average molecular weight is 807 g/mol. The maximum absolute atomic E-state index is 12.8. The molecule has 338 valence electrons. The third-order valence-electron chi connectivity index (χ3n) is 11.5. The Balaban J connectivity index is 4.26. The first-order valence-electron chi connectivity index (χ1n) is 25.2. The van der Waals surface area contributed by atoms with Crippen LogP contribution in [0.5, 0.6) is 0 Å². The minimum absolute atomic E-state index is 0.0643. The van der Waals surface area contributed by atoms with Gasteiger partial charge in [-0.15, -0.1) is 0 Å². The van der Waals surface area contributed by atoms with E-state index in [4.69, 9.17) is 14.2 Å². The summed E-state index contributed by atoms with van der Waals surface area (Å²) >= 11 is 0. The van der Waals surface area contributed by atoms with Gasteiger partial charge in [0.1, 0.15) is 13.2 Å². The van der Waals surface area contributed by atoms with Gasteiger partial charge >= 0.3 is 17.9 Å². The highest BCUT2D eigenvalue weighted by atomic mass is 16.6. The molecular formula is C51H98O6. The molecule has 0 aliphatic carbocycles. The van der Waals surface area contributed by atoms with E-state index in [0.29, 0.717) is 19.3 Å². The Bertz CT molecular complexity index is 870.